The van der Waals surface area contributed by atoms with Crippen molar-refractivity contribution in [3.05, 3.63) is 58.0 Å². The van der Waals surface area contributed by atoms with Crippen molar-refractivity contribution < 1.29 is 14.2 Å². The molecule has 12 heteroatoms. The van der Waals surface area contributed by atoms with Crippen LogP contribution in [0, 0.1) is 11.3 Å². The minimum atomic E-state index is -0.484. The number of aromatic amines is 1. The summed E-state index contributed by atoms with van der Waals surface area (Å²) in [7, 11) is 3.25. The van der Waals surface area contributed by atoms with E-state index in [-0.39, 0.29) is 5.54 Å². The summed E-state index contributed by atoms with van der Waals surface area (Å²) in [6.45, 7) is 6.90. The average Bonchev–Trinajstić information content (AvgIpc) is 3.33. The molecule has 40 heavy (non-hydrogen) atoms. The first-order chi connectivity index (χ1) is 19.3. The van der Waals surface area contributed by atoms with E-state index in [1.54, 1.807) is 20.4 Å². The molecule has 5 rings (SSSR count). The molecular weight excluding hydrogens is 553 g/mol. The van der Waals surface area contributed by atoms with Gasteiger partial charge in [-0.3, -0.25) is 10.1 Å². The highest BCUT2D eigenvalue weighted by Crippen LogP contribution is 2.40. The van der Waals surface area contributed by atoms with Gasteiger partial charge < -0.3 is 24.4 Å². The first kappa shape index (κ1) is 27.9. The van der Waals surface area contributed by atoms with Crippen molar-refractivity contribution in [2.24, 2.45) is 0 Å². The molecular formula is C28H29Cl2N7O3. The summed E-state index contributed by atoms with van der Waals surface area (Å²) in [5.74, 6) is 1.66. The molecule has 1 aliphatic heterocycles. The van der Waals surface area contributed by atoms with E-state index >= 15 is 0 Å². The van der Waals surface area contributed by atoms with Gasteiger partial charge >= 0.3 is 0 Å². The lowest BCUT2D eigenvalue weighted by Crippen LogP contribution is -2.68. The predicted octanol–water partition coefficient (Wildman–Crippen LogP) is 5.16. The van der Waals surface area contributed by atoms with Crippen LogP contribution in [0.1, 0.15) is 31.1 Å². The lowest BCUT2D eigenvalue weighted by Gasteiger charge is -2.49. The molecule has 4 aromatic rings. The van der Waals surface area contributed by atoms with Crippen molar-refractivity contribution in [3.8, 4) is 28.8 Å². The fraction of sp³-hybridized carbons (Fsp3) is 0.357. The number of nitrogens with zero attached hydrogens (tertiary/aromatic N) is 5. The number of hydrogen-bond donors (Lipinski definition) is 2. The second-order valence-corrected chi connectivity index (χ2v) is 10.8. The summed E-state index contributed by atoms with van der Waals surface area (Å²) in [6, 6.07) is 7.78. The van der Waals surface area contributed by atoms with Crippen molar-refractivity contribution in [3.63, 3.8) is 0 Å². The van der Waals surface area contributed by atoms with Crippen molar-refractivity contribution in [2.45, 2.75) is 25.5 Å². The number of nitriles is 1. The highest BCUT2D eigenvalue weighted by molar-refractivity contribution is 6.35. The molecule has 10 nitrogen and oxygen atoms in total. The second kappa shape index (κ2) is 11.5. The van der Waals surface area contributed by atoms with E-state index in [2.05, 4.69) is 43.4 Å². The van der Waals surface area contributed by atoms with Gasteiger partial charge in [0.05, 0.1) is 40.4 Å². The average molecular weight is 582 g/mol. The van der Waals surface area contributed by atoms with Crippen molar-refractivity contribution in [1.82, 2.24) is 25.5 Å². The van der Waals surface area contributed by atoms with Crippen molar-refractivity contribution in [1.29, 1.82) is 5.26 Å². The van der Waals surface area contributed by atoms with E-state index in [0.29, 0.717) is 56.4 Å². The van der Waals surface area contributed by atoms with Crippen molar-refractivity contribution in [2.75, 3.05) is 45.4 Å². The number of benzene rings is 1. The number of aromatic nitrogens is 4. The number of anilines is 1. The van der Waals surface area contributed by atoms with E-state index in [4.69, 9.17) is 37.4 Å². The van der Waals surface area contributed by atoms with Crippen LogP contribution in [0.2, 0.25) is 10.0 Å². The highest BCUT2D eigenvalue weighted by atomic mass is 35.5. The zero-order valence-electron chi connectivity index (χ0n) is 22.6. The maximum Gasteiger partial charge on any atom is 0.162 e. The fourth-order valence-electron chi connectivity index (χ4n) is 4.99. The molecule has 1 aromatic carbocycles. The molecule has 0 unspecified atom stereocenters. The topological polar surface area (TPSA) is 121 Å². The molecule has 0 aliphatic carbocycles. The van der Waals surface area contributed by atoms with Crippen LogP contribution in [0.3, 0.4) is 0 Å². The summed E-state index contributed by atoms with van der Waals surface area (Å²) >= 11 is 12.7. The first-order valence-electron chi connectivity index (χ1n) is 12.7. The minimum Gasteiger partial charge on any atom is -0.493 e. The van der Waals surface area contributed by atoms with Crippen LogP contribution in [0.25, 0.3) is 22.2 Å². The Bertz CT molecular complexity index is 1560. The summed E-state index contributed by atoms with van der Waals surface area (Å²) in [6.07, 6.45) is 4.31. The van der Waals surface area contributed by atoms with Gasteiger partial charge in [0.1, 0.15) is 23.7 Å². The molecule has 0 bridgehead atoms. The van der Waals surface area contributed by atoms with Gasteiger partial charge in [-0.25, -0.2) is 4.98 Å². The van der Waals surface area contributed by atoms with Gasteiger partial charge in [0.25, 0.3) is 0 Å². The molecule has 0 radical (unpaired) electrons. The molecule has 208 valence electrons. The number of methoxy groups -OCH3 is 2. The molecule has 4 heterocycles. The Balaban J connectivity index is 1.43. The van der Waals surface area contributed by atoms with Crippen LogP contribution < -0.4 is 19.7 Å². The Kier molecular flexibility index (Phi) is 8.01. The normalized spacial score (nSPS) is 15.0. The number of nitrogens with one attached hydrogen (secondary N) is 2. The van der Waals surface area contributed by atoms with Gasteiger partial charge in [-0.05, 0) is 26.0 Å². The van der Waals surface area contributed by atoms with Gasteiger partial charge in [0.15, 0.2) is 11.5 Å². The van der Waals surface area contributed by atoms with Crippen LogP contribution in [-0.4, -0.2) is 66.2 Å². The van der Waals surface area contributed by atoms with E-state index in [9.17, 15) is 5.26 Å². The third kappa shape index (κ3) is 5.38. The van der Waals surface area contributed by atoms with Gasteiger partial charge in [0, 0.05) is 67.9 Å². The lowest BCUT2D eigenvalue weighted by molar-refractivity contribution is 0.177. The fourth-order valence-corrected chi connectivity index (χ4v) is 5.66. The summed E-state index contributed by atoms with van der Waals surface area (Å²) < 4.78 is 17.0. The predicted molar refractivity (Wildman–Crippen MR) is 154 cm³/mol. The first-order valence-corrected chi connectivity index (χ1v) is 13.4. The number of hydrogen-bond acceptors (Lipinski definition) is 9. The van der Waals surface area contributed by atoms with Gasteiger partial charge in [0.2, 0.25) is 0 Å². The third-order valence-corrected chi connectivity index (χ3v) is 7.55. The Morgan fingerprint density at radius 1 is 1.15 bits per heavy atom. The highest BCUT2D eigenvalue weighted by Gasteiger charge is 2.39. The van der Waals surface area contributed by atoms with E-state index in [0.717, 1.165) is 30.5 Å². The number of halogens is 2. The molecule has 0 spiro atoms. The number of H-pyrrole nitrogens is 1. The Labute approximate surface area is 242 Å². The number of ether oxygens (including phenoxy) is 3. The second-order valence-electron chi connectivity index (χ2n) is 9.94. The van der Waals surface area contributed by atoms with Crippen LogP contribution in [0.15, 0.2) is 36.8 Å². The third-order valence-electron chi connectivity index (χ3n) is 6.95. The molecule has 0 amide bonds. The summed E-state index contributed by atoms with van der Waals surface area (Å²) in [5, 5.41) is 22.6. The standard InChI is InChI=1S/C28H29Cl2N7O3/c1-16(25-20(29)12-32-13-21(25)30)40-24-8-19-22(9-23(24)39-4)35-36-26(19)18-7-17(10-31)27(33-11-18)37-14-28(2,15-37)34-5-6-38-3/h7-9,11-13,16,34H,5-6,14-15H2,1-4H3,(H,35,36)/t16-/m1/s1. The van der Waals surface area contributed by atoms with E-state index in [1.807, 2.05) is 25.1 Å². The van der Waals surface area contributed by atoms with Crippen LogP contribution >= 0.6 is 23.2 Å². The SMILES string of the molecule is COCCNC1(C)CN(c2ncc(-c3n[nH]c4cc(OC)c(O[C@H](C)c5c(Cl)cncc5Cl)cc34)cc2C#N)C1. The quantitative estimate of drug-likeness (QED) is 0.244. The maximum absolute atomic E-state index is 9.95. The number of pyridine rings is 2. The largest absolute Gasteiger partial charge is 0.493 e. The molecule has 3 aromatic heterocycles. The van der Waals surface area contributed by atoms with Gasteiger partial charge in [-0.15, -0.1) is 0 Å². The van der Waals surface area contributed by atoms with Crippen molar-refractivity contribution >= 4 is 39.9 Å². The Morgan fingerprint density at radius 3 is 2.58 bits per heavy atom. The minimum absolute atomic E-state index is 0.0543. The molecule has 0 saturated carbocycles. The zero-order valence-corrected chi connectivity index (χ0v) is 24.1. The Morgan fingerprint density at radius 2 is 1.90 bits per heavy atom. The van der Waals surface area contributed by atoms with Gasteiger partial charge in [-0.1, -0.05) is 23.2 Å². The summed E-state index contributed by atoms with van der Waals surface area (Å²) in [4.78, 5) is 10.8. The molecule has 1 atom stereocenters. The van der Waals surface area contributed by atoms with Gasteiger partial charge in [-0.2, -0.15) is 10.4 Å². The smallest absolute Gasteiger partial charge is 0.162 e. The molecule has 2 N–H and O–H groups in total. The van der Waals surface area contributed by atoms with E-state index in [1.165, 1.54) is 12.4 Å². The summed E-state index contributed by atoms with van der Waals surface area (Å²) in [5.41, 5.74) is 3.14. The number of rotatable bonds is 10. The molecule has 1 aliphatic rings. The monoisotopic (exact) mass is 581 g/mol. The molecule has 1 fully saturated rings. The lowest BCUT2D eigenvalue weighted by atomic mass is 9.91. The van der Waals surface area contributed by atoms with Crippen LogP contribution in [0.4, 0.5) is 5.82 Å². The van der Waals surface area contributed by atoms with E-state index < -0.39 is 6.10 Å². The molecule has 1 saturated heterocycles. The van der Waals surface area contributed by atoms with Crippen LogP contribution in [-0.2, 0) is 4.74 Å². The number of fused-ring (bicyclic) bond motifs is 1. The maximum atomic E-state index is 9.95. The van der Waals surface area contributed by atoms with Crippen LogP contribution in [0.5, 0.6) is 11.5 Å². The zero-order chi connectivity index (χ0) is 28.4. The Hall–Kier alpha value is -3.62.